The summed E-state index contributed by atoms with van der Waals surface area (Å²) in [6.07, 6.45) is 2.43. The summed E-state index contributed by atoms with van der Waals surface area (Å²) in [4.78, 5) is 25.9. The molecule has 3 rings (SSSR count). The van der Waals surface area contributed by atoms with Gasteiger partial charge in [0.2, 0.25) is 5.91 Å². The van der Waals surface area contributed by atoms with Crippen molar-refractivity contribution in [3.05, 3.63) is 30.3 Å². The van der Waals surface area contributed by atoms with Crippen LogP contribution in [0.25, 0.3) is 0 Å². The molecule has 0 radical (unpaired) electrons. The van der Waals surface area contributed by atoms with Crippen LogP contribution in [0.15, 0.2) is 30.3 Å². The average molecular weight is 347 g/mol. The van der Waals surface area contributed by atoms with Gasteiger partial charge in [0.1, 0.15) is 5.75 Å². The summed E-state index contributed by atoms with van der Waals surface area (Å²) < 4.78 is 11.0. The third kappa shape index (κ3) is 4.12. The van der Waals surface area contributed by atoms with Crippen LogP contribution in [0.2, 0.25) is 0 Å². The summed E-state index contributed by atoms with van der Waals surface area (Å²) in [5, 5.41) is 9.57. The number of amides is 1. The van der Waals surface area contributed by atoms with E-state index in [4.69, 9.17) is 9.47 Å². The molecule has 1 aromatic carbocycles. The number of para-hydroxylation sites is 1. The Hall–Kier alpha value is -2.08. The second-order valence-electron chi connectivity index (χ2n) is 6.90. The lowest BCUT2D eigenvalue weighted by molar-refractivity contribution is -0.146. The highest BCUT2D eigenvalue weighted by atomic mass is 16.5. The fraction of sp³-hybridized carbons (Fsp3) is 0.579. The third-order valence-corrected chi connectivity index (χ3v) is 5.33. The molecule has 2 aliphatic heterocycles. The van der Waals surface area contributed by atoms with E-state index in [0.29, 0.717) is 58.6 Å². The van der Waals surface area contributed by atoms with Gasteiger partial charge in [-0.15, -0.1) is 0 Å². The van der Waals surface area contributed by atoms with Crippen molar-refractivity contribution >= 4 is 11.9 Å². The quantitative estimate of drug-likeness (QED) is 0.798. The van der Waals surface area contributed by atoms with Gasteiger partial charge in [-0.05, 0) is 31.4 Å². The molecule has 0 aromatic heterocycles. The van der Waals surface area contributed by atoms with Gasteiger partial charge in [-0.25, -0.2) is 0 Å². The number of hydrogen-bond acceptors (Lipinski definition) is 4. The van der Waals surface area contributed by atoms with Crippen LogP contribution in [-0.4, -0.2) is 54.8 Å². The predicted molar refractivity (Wildman–Crippen MR) is 91.4 cm³/mol. The molecule has 1 N–H and O–H groups in total. The Morgan fingerprint density at radius 2 is 1.96 bits per heavy atom. The van der Waals surface area contributed by atoms with Gasteiger partial charge >= 0.3 is 5.97 Å². The van der Waals surface area contributed by atoms with Gasteiger partial charge in [0.05, 0.1) is 12.5 Å². The maximum Gasteiger partial charge on any atom is 0.308 e. The van der Waals surface area contributed by atoms with Crippen molar-refractivity contribution in [1.82, 2.24) is 4.90 Å². The van der Waals surface area contributed by atoms with Crippen LogP contribution in [0.1, 0.15) is 25.7 Å². The van der Waals surface area contributed by atoms with Gasteiger partial charge in [-0.2, -0.15) is 0 Å². The standard InChI is InChI=1S/C19H25NO5/c21-17(7-4-10-25-15-5-2-1-3-6-15)20-13-16(18(22)23)19(14-20)8-11-24-12-9-19/h1-3,5-6,16H,4,7-14H2,(H,22,23). The van der Waals surface area contributed by atoms with E-state index in [1.165, 1.54) is 0 Å². The Labute approximate surface area is 147 Å². The first kappa shape index (κ1) is 17.7. The van der Waals surface area contributed by atoms with E-state index < -0.39 is 11.9 Å². The number of hydrogen-bond donors (Lipinski definition) is 1. The molecule has 2 saturated heterocycles. The number of carbonyl (C=O) groups is 2. The SMILES string of the molecule is O=C(O)C1CN(C(=O)CCCOc2ccccc2)CC12CCOCC2. The highest BCUT2D eigenvalue weighted by Crippen LogP contribution is 2.44. The van der Waals surface area contributed by atoms with Crippen molar-refractivity contribution in [2.75, 3.05) is 32.9 Å². The summed E-state index contributed by atoms with van der Waals surface area (Å²) in [7, 11) is 0. The molecule has 2 aliphatic rings. The molecule has 1 atom stereocenters. The van der Waals surface area contributed by atoms with Crippen LogP contribution in [0, 0.1) is 11.3 Å². The van der Waals surface area contributed by atoms with Crippen molar-refractivity contribution in [2.24, 2.45) is 11.3 Å². The first-order chi connectivity index (χ1) is 12.1. The van der Waals surface area contributed by atoms with Crippen LogP contribution in [-0.2, 0) is 14.3 Å². The molecular formula is C19H25NO5. The zero-order valence-corrected chi connectivity index (χ0v) is 14.4. The number of carbonyl (C=O) groups excluding carboxylic acids is 1. The summed E-state index contributed by atoms with van der Waals surface area (Å²) in [6, 6.07) is 9.51. The summed E-state index contributed by atoms with van der Waals surface area (Å²) in [6.45, 7) is 2.48. The Morgan fingerprint density at radius 1 is 1.24 bits per heavy atom. The second kappa shape index (κ2) is 7.87. The first-order valence-electron chi connectivity index (χ1n) is 8.87. The first-order valence-corrected chi connectivity index (χ1v) is 8.87. The molecule has 25 heavy (non-hydrogen) atoms. The van der Waals surface area contributed by atoms with Gasteiger partial charge in [-0.1, -0.05) is 18.2 Å². The van der Waals surface area contributed by atoms with Crippen molar-refractivity contribution in [1.29, 1.82) is 0 Å². The zero-order chi connectivity index (χ0) is 17.7. The number of nitrogens with zero attached hydrogens (tertiary/aromatic N) is 1. The van der Waals surface area contributed by atoms with Crippen molar-refractivity contribution in [3.8, 4) is 5.75 Å². The molecular weight excluding hydrogens is 322 g/mol. The monoisotopic (exact) mass is 347 g/mol. The number of rotatable bonds is 6. The van der Waals surface area contributed by atoms with Crippen LogP contribution in [0.3, 0.4) is 0 Å². The molecule has 2 heterocycles. The van der Waals surface area contributed by atoms with Gasteiger partial charge in [0, 0.05) is 38.1 Å². The lowest BCUT2D eigenvalue weighted by Gasteiger charge is -2.36. The molecule has 6 heteroatoms. The molecule has 1 spiro atoms. The Kier molecular flexibility index (Phi) is 5.58. The normalized spacial score (nSPS) is 22.1. The molecule has 0 saturated carbocycles. The van der Waals surface area contributed by atoms with Gasteiger partial charge < -0.3 is 19.5 Å². The lowest BCUT2D eigenvalue weighted by Crippen LogP contribution is -2.40. The summed E-state index contributed by atoms with van der Waals surface area (Å²) >= 11 is 0. The van der Waals surface area contributed by atoms with E-state index in [9.17, 15) is 14.7 Å². The summed E-state index contributed by atoms with van der Waals surface area (Å²) in [5.74, 6) is -0.472. The second-order valence-corrected chi connectivity index (χ2v) is 6.90. The van der Waals surface area contributed by atoms with Crippen LogP contribution in [0.4, 0.5) is 0 Å². The van der Waals surface area contributed by atoms with Crippen LogP contribution in [0.5, 0.6) is 5.75 Å². The molecule has 2 fully saturated rings. The van der Waals surface area contributed by atoms with E-state index >= 15 is 0 Å². The Morgan fingerprint density at radius 3 is 2.64 bits per heavy atom. The number of benzene rings is 1. The minimum absolute atomic E-state index is 0.0197. The fourth-order valence-electron chi connectivity index (χ4n) is 3.87. The minimum Gasteiger partial charge on any atom is -0.494 e. The average Bonchev–Trinajstić information content (AvgIpc) is 2.99. The number of carboxylic acids is 1. The Balaban J connectivity index is 1.49. The molecule has 0 aliphatic carbocycles. The molecule has 0 bridgehead atoms. The highest BCUT2D eigenvalue weighted by Gasteiger charge is 2.51. The number of aliphatic carboxylic acids is 1. The van der Waals surface area contributed by atoms with E-state index in [1.54, 1.807) is 4.90 Å². The lowest BCUT2D eigenvalue weighted by atomic mass is 9.72. The molecule has 1 aromatic rings. The van der Waals surface area contributed by atoms with Crippen molar-refractivity contribution in [3.63, 3.8) is 0 Å². The van der Waals surface area contributed by atoms with Crippen molar-refractivity contribution < 1.29 is 24.2 Å². The Bertz CT molecular complexity index is 597. The van der Waals surface area contributed by atoms with Crippen molar-refractivity contribution in [2.45, 2.75) is 25.7 Å². The summed E-state index contributed by atoms with van der Waals surface area (Å²) in [5.41, 5.74) is -0.319. The maximum absolute atomic E-state index is 12.5. The minimum atomic E-state index is -0.801. The number of carboxylic acid groups (broad SMARTS) is 1. The molecule has 6 nitrogen and oxygen atoms in total. The zero-order valence-electron chi connectivity index (χ0n) is 14.4. The fourth-order valence-corrected chi connectivity index (χ4v) is 3.87. The molecule has 1 amide bonds. The van der Waals surface area contributed by atoms with Gasteiger partial charge in [0.15, 0.2) is 0 Å². The smallest absolute Gasteiger partial charge is 0.308 e. The predicted octanol–water partition coefficient (Wildman–Crippen LogP) is 2.19. The van der Waals surface area contributed by atoms with Gasteiger partial charge in [0.25, 0.3) is 0 Å². The number of likely N-dealkylation sites (tertiary alicyclic amines) is 1. The highest BCUT2D eigenvalue weighted by molar-refractivity contribution is 5.79. The van der Waals surface area contributed by atoms with Crippen LogP contribution >= 0.6 is 0 Å². The largest absolute Gasteiger partial charge is 0.494 e. The maximum atomic E-state index is 12.5. The number of ether oxygens (including phenoxy) is 2. The topological polar surface area (TPSA) is 76.1 Å². The van der Waals surface area contributed by atoms with Gasteiger partial charge in [-0.3, -0.25) is 9.59 Å². The van der Waals surface area contributed by atoms with E-state index in [0.717, 1.165) is 5.75 Å². The third-order valence-electron chi connectivity index (χ3n) is 5.33. The molecule has 1 unspecified atom stereocenters. The van der Waals surface area contributed by atoms with E-state index in [1.807, 2.05) is 30.3 Å². The van der Waals surface area contributed by atoms with Crippen LogP contribution < -0.4 is 4.74 Å². The van der Waals surface area contributed by atoms with E-state index in [-0.39, 0.29) is 11.3 Å². The molecule has 136 valence electrons. The van der Waals surface area contributed by atoms with E-state index in [2.05, 4.69) is 0 Å².